The van der Waals surface area contributed by atoms with Crippen LogP contribution in [0.15, 0.2) is 30.3 Å². The zero-order valence-corrected chi connectivity index (χ0v) is 24.1. The molecule has 1 aromatic rings. The van der Waals surface area contributed by atoms with E-state index < -0.39 is 0 Å². The van der Waals surface area contributed by atoms with Crippen LogP contribution in [0.5, 0.6) is 0 Å². The number of hydrogen-bond acceptors (Lipinski definition) is 2. The highest BCUT2D eigenvalue weighted by Crippen LogP contribution is 2.12. The molecule has 36 heavy (non-hydrogen) atoms. The molecule has 1 amide bonds. The summed E-state index contributed by atoms with van der Waals surface area (Å²) >= 11 is 0. The van der Waals surface area contributed by atoms with Crippen LogP contribution < -0.4 is 10.6 Å². The number of amides is 1. The first-order valence-electron chi connectivity index (χ1n) is 15.8. The molecular weight excluding hydrogens is 440 g/mol. The summed E-state index contributed by atoms with van der Waals surface area (Å²) < 4.78 is 0. The number of rotatable bonds is 26. The van der Waals surface area contributed by atoms with E-state index >= 15 is 0 Å². The van der Waals surface area contributed by atoms with Crippen molar-refractivity contribution in [3.63, 3.8) is 0 Å². The van der Waals surface area contributed by atoms with Crippen molar-refractivity contribution in [2.24, 2.45) is 0 Å². The van der Waals surface area contributed by atoms with Gasteiger partial charge in [0, 0.05) is 6.54 Å². The van der Waals surface area contributed by atoms with Crippen LogP contribution in [0.2, 0.25) is 0 Å². The third kappa shape index (κ3) is 19.8. The molecule has 208 valence electrons. The van der Waals surface area contributed by atoms with E-state index in [9.17, 15) is 4.79 Å². The Morgan fingerprint density at radius 3 is 1.47 bits per heavy atom. The van der Waals surface area contributed by atoms with Crippen molar-refractivity contribution >= 4 is 5.91 Å². The summed E-state index contributed by atoms with van der Waals surface area (Å²) in [6, 6.07) is 10.3. The molecule has 1 aromatic carbocycles. The third-order valence-corrected chi connectivity index (χ3v) is 7.35. The lowest BCUT2D eigenvalue weighted by atomic mass is 10.0. The average Bonchev–Trinajstić information content (AvgIpc) is 2.90. The number of carbonyl (C=O) groups excluding carboxylic acids is 1. The summed E-state index contributed by atoms with van der Waals surface area (Å²) in [5.41, 5.74) is 1.23. The normalized spacial score (nSPS) is 12.1. The number of unbranched alkanes of at least 4 members (excludes halogenated alkanes) is 18. The summed E-state index contributed by atoms with van der Waals surface area (Å²) in [6.45, 7) is 6.29. The van der Waals surface area contributed by atoms with Crippen LogP contribution in [0.3, 0.4) is 0 Å². The molecule has 0 unspecified atom stereocenters. The van der Waals surface area contributed by atoms with Crippen LogP contribution >= 0.6 is 0 Å². The second-order valence-electron chi connectivity index (χ2n) is 10.9. The summed E-state index contributed by atoms with van der Waals surface area (Å²) in [7, 11) is 0. The van der Waals surface area contributed by atoms with E-state index in [1.54, 1.807) is 0 Å². The molecule has 0 spiro atoms. The Hall–Kier alpha value is -1.35. The minimum Gasteiger partial charge on any atom is -0.355 e. The molecular formula is C33H60N2O. The molecule has 0 saturated carbocycles. The van der Waals surface area contributed by atoms with E-state index in [-0.39, 0.29) is 11.9 Å². The van der Waals surface area contributed by atoms with Gasteiger partial charge in [-0.05, 0) is 31.4 Å². The fourth-order valence-corrected chi connectivity index (χ4v) is 4.94. The van der Waals surface area contributed by atoms with Gasteiger partial charge in [0.1, 0.15) is 0 Å². The first-order valence-corrected chi connectivity index (χ1v) is 15.8. The van der Waals surface area contributed by atoms with E-state index in [2.05, 4.69) is 48.7 Å². The fraction of sp³-hybridized carbons (Fsp3) is 0.788. The predicted octanol–water partition coefficient (Wildman–Crippen LogP) is 9.15. The molecule has 0 aliphatic rings. The lowest BCUT2D eigenvalue weighted by Crippen LogP contribution is -2.46. The van der Waals surface area contributed by atoms with Crippen LogP contribution in [-0.2, 0) is 11.2 Å². The van der Waals surface area contributed by atoms with Gasteiger partial charge in [-0.1, -0.05) is 160 Å². The minimum absolute atomic E-state index is 0.130. The van der Waals surface area contributed by atoms with Crippen LogP contribution in [0.25, 0.3) is 0 Å². The van der Waals surface area contributed by atoms with Crippen LogP contribution in [0.1, 0.15) is 148 Å². The second kappa shape index (κ2) is 25.3. The smallest absolute Gasteiger partial charge is 0.237 e. The Morgan fingerprint density at radius 1 is 0.583 bits per heavy atom. The number of hydrogen-bond donors (Lipinski definition) is 2. The lowest BCUT2D eigenvalue weighted by Gasteiger charge is -2.19. The van der Waals surface area contributed by atoms with Crippen molar-refractivity contribution in [2.45, 2.75) is 155 Å². The van der Waals surface area contributed by atoms with Gasteiger partial charge in [-0.25, -0.2) is 0 Å². The topological polar surface area (TPSA) is 41.1 Å². The van der Waals surface area contributed by atoms with E-state index in [1.165, 1.54) is 121 Å². The van der Waals surface area contributed by atoms with Crippen LogP contribution in [0.4, 0.5) is 0 Å². The van der Waals surface area contributed by atoms with Gasteiger partial charge in [0.25, 0.3) is 0 Å². The van der Waals surface area contributed by atoms with Gasteiger partial charge in [0.2, 0.25) is 5.91 Å². The van der Waals surface area contributed by atoms with Gasteiger partial charge in [-0.2, -0.15) is 0 Å². The Labute approximate surface area is 225 Å². The van der Waals surface area contributed by atoms with E-state index in [0.29, 0.717) is 0 Å². The monoisotopic (exact) mass is 500 g/mol. The summed E-state index contributed by atoms with van der Waals surface area (Å²) in [5.74, 6) is 0.168. The zero-order valence-electron chi connectivity index (χ0n) is 24.1. The summed E-state index contributed by atoms with van der Waals surface area (Å²) in [5, 5.41) is 6.79. The Kier molecular flexibility index (Phi) is 23.0. The number of carbonyl (C=O) groups is 1. The third-order valence-electron chi connectivity index (χ3n) is 7.35. The van der Waals surface area contributed by atoms with E-state index in [0.717, 1.165) is 32.4 Å². The molecule has 0 heterocycles. The SMILES string of the molecule is CCCCCCCCCCCCNC(=O)[C@H](Cc1ccccc1)NCCCCCCCCCCCC. The second-order valence-corrected chi connectivity index (χ2v) is 10.9. The van der Waals surface area contributed by atoms with Crippen molar-refractivity contribution in [1.29, 1.82) is 0 Å². The molecule has 0 radical (unpaired) electrons. The standard InChI is InChI=1S/C33H60N2O/c1-3-5-7-9-11-13-15-17-19-24-28-34-32(30-31-26-22-21-23-27-31)33(36)35-29-25-20-18-16-14-12-10-8-6-4-2/h21-23,26-27,32,34H,3-20,24-25,28-30H2,1-2H3,(H,35,36)/t32-/m0/s1. The first kappa shape index (κ1) is 32.7. The molecule has 0 bridgehead atoms. The molecule has 2 N–H and O–H groups in total. The largest absolute Gasteiger partial charge is 0.355 e. The highest BCUT2D eigenvalue weighted by Gasteiger charge is 2.17. The van der Waals surface area contributed by atoms with Crippen molar-refractivity contribution < 1.29 is 4.79 Å². The molecule has 0 aliphatic carbocycles. The lowest BCUT2D eigenvalue weighted by molar-refractivity contribution is -0.123. The van der Waals surface area contributed by atoms with Crippen LogP contribution in [0, 0.1) is 0 Å². The predicted molar refractivity (Wildman–Crippen MR) is 159 cm³/mol. The first-order chi connectivity index (χ1) is 17.8. The maximum Gasteiger partial charge on any atom is 0.237 e. The zero-order chi connectivity index (χ0) is 25.9. The quantitative estimate of drug-likeness (QED) is 0.124. The molecule has 3 nitrogen and oxygen atoms in total. The van der Waals surface area contributed by atoms with E-state index in [1.807, 2.05) is 6.07 Å². The molecule has 0 fully saturated rings. The molecule has 1 atom stereocenters. The molecule has 1 rings (SSSR count). The number of nitrogens with one attached hydrogen (secondary N) is 2. The van der Waals surface area contributed by atoms with Gasteiger partial charge in [0.15, 0.2) is 0 Å². The van der Waals surface area contributed by atoms with Crippen molar-refractivity contribution in [1.82, 2.24) is 10.6 Å². The molecule has 0 saturated heterocycles. The Bertz CT molecular complexity index is 589. The molecule has 0 aliphatic heterocycles. The van der Waals surface area contributed by atoms with Gasteiger partial charge < -0.3 is 10.6 Å². The van der Waals surface area contributed by atoms with Gasteiger partial charge in [0.05, 0.1) is 6.04 Å². The summed E-state index contributed by atoms with van der Waals surface area (Å²) in [4.78, 5) is 12.9. The maximum atomic E-state index is 12.9. The van der Waals surface area contributed by atoms with Gasteiger partial charge in [-0.3, -0.25) is 4.79 Å². The van der Waals surface area contributed by atoms with Crippen molar-refractivity contribution in [3.8, 4) is 0 Å². The van der Waals surface area contributed by atoms with Crippen LogP contribution in [-0.4, -0.2) is 25.0 Å². The number of benzene rings is 1. The highest BCUT2D eigenvalue weighted by atomic mass is 16.2. The van der Waals surface area contributed by atoms with Crippen molar-refractivity contribution in [2.75, 3.05) is 13.1 Å². The average molecular weight is 501 g/mol. The van der Waals surface area contributed by atoms with Gasteiger partial charge >= 0.3 is 0 Å². The highest BCUT2D eigenvalue weighted by molar-refractivity contribution is 5.82. The fourth-order valence-electron chi connectivity index (χ4n) is 4.94. The maximum absolute atomic E-state index is 12.9. The minimum atomic E-state index is -0.130. The Morgan fingerprint density at radius 2 is 1.00 bits per heavy atom. The van der Waals surface area contributed by atoms with Crippen molar-refractivity contribution in [3.05, 3.63) is 35.9 Å². The van der Waals surface area contributed by atoms with Gasteiger partial charge in [-0.15, -0.1) is 0 Å². The Balaban J connectivity index is 2.17. The van der Waals surface area contributed by atoms with E-state index in [4.69, 9.17) is 0 Å². The summed E-state index contributed by atoms with van der Waals surface area (Å²) in [6.07, 6.45) is 27.4. The molecule has 0 aromatic heterocycles. The molecule has 3 heteroatoms.